The van der Waals surface area contributed by atoms with Crippen molar-refractivity contribution in [1.82, 2.24) is 4.90 Å². The summed E-state index contributed by atoms with van der Waals surface area (Å²) >= 11 is 0. The number of anilines is 1. The lowest BCUT2D eigenvalue weighted by Crippen LogP contribution is -2.34. The van der Waals surface area contributed by atoms with Crippen molar-refractivity contribution in [2.45, 2.75) is 37.7 Å². The quantitative estimate of drug-likeness (QED) is 0.804. The van der Waals surface area contributed by atoms with Crippen molar-refractivity contribution in [2.24, 2.45) is 0 Å². The molecule has 28 heavy (non-hydrogen) atoms. The van der Waals surface area contributed by atoms with Crippen LogP contribution in [-0.2, 0) is 14.8 Å². The number of ether oxygens (including phenoxy) is 1. The van der Waals surface area contributed by atoms with Gasteiger partial charge in [0.1, 0.15) is 0 Å². The van der Waals surface area contributed by atoms with Crippen molar-refractivity contribution in [3.05, 3.63) is 59.2 Å². The highest BCUT2D eigenvalue weighted by Gasteiger charge is 2.23. The molecule has 0 aromatic heterocycles. The van der Waals surface area contributed by atoms with Gasteiger partial charge in [-0.05, 0) is 62.1 Å². The zero-order chi connectivity index (χ0) is 20.3. The Morgan fingerprint density at radius 3 is 2.68 bits per heavy atom. The summed E-state index contributed by atoms with van der Waals surface area (Å²) in [6.45, 7) is 4.92. The number of rotatable bonds is 6. The van der Waals surface area contributed by atoms with Gasteiger partial charge in [0.2, 0.25) is 0 Å². The predicted molar refractivity (Wildman–Crippen MR) is 109 cm³/mol. The fraction of sp³-hybridized carbons (Fsp3) is 0.381. The van der Waals surface area contributed by atoms with E-state index in [-0.39, 0.29) is 16.9 Å². The molecule has 150 valence electrons. The maximum atomic E-state index is 12.9. The van der Waals surface area contributed by atoms with E-state index in [1.54, 1.807) is 43.1 Å². The highest BCUT2D eigenvalue weighted by Crippen LogP contribution is 2.21. The molecule has 0 saturated carbocycles. The Balaban J connectivity index is 1.82. The Hall–Kier alpha value is -2.38. The molecule has 7 heteroatoms. The van der Waals surface area contributed by atoms with E-state index in [1.807, 2.05) is 13.0 Å². The average Bonchev–Trinajstić information content (AvgIpc) is 3.14. The Bertz CT molecular complexity index is 966. The number of benzene rings is 2. The second-order valence-electron chi connectivity index (χ2n) is 7.27. The third-order valence-corrected chi connectivity index (χ3v) is 6.25. The molecule has 2 aromatic rings. The van der Waals surface area contributed by atoms with E-state index in [4.69, 9.17) is 4.74 Å². The van der Waals surface area contributed by atoms with E-state index in [0.29, 0.717) is 17.8 Å². The minimum Gasteiger partial charge on any atom is -0.376 e. The summed E-state index contributed by atoms with van der Waals surface area (Å²) < 4.78 is 33.8. The number of sulfonamides is 1. The molecule has 1 N–H and O–H groups in total. The Morgan fingerprint density at radius 1 is 1.21 bits per heavy atom. The van der Waals surface area contributed by atoms with E-state index in [2.05, 4.69) is 4.72 Å². The molecule has 0 spiro atoms. The first-order valence-electron chi connectivity index (χ1n) is 9.33. The molecule has 3 rings (SSSR count). The summed E-state index contributed by atoms with van der Waals surface area (Å²) in [6, 6.07) is 11.8. The number of likely N-dealkylation sites (N-methyl/N-ethyl adjacent to an activating group) is 1. The fourth-order valence-corrected chi connectivity index (χ4v) is 4.38. The molecule has 0 radical (unpaired) electrons. The maximum Gasteiger partial charge on any atom is 0.261 e. The lowest BCUT2D eigenvalue weighted by Gasteiger charge is -2.22. The zero-order valence-corrected chi connectivity index (χ0v) is 17.3. The molecular formula is C21H26N2O4S. The number of hydrogen-bond acceptors (Lipinski definition) is 4. The lowest BCUT2D eigenvalue weighted by molar-refractivity contribution is 0.0586. The van der Waals surface area contributed by atoms with E-state index < -0.39 is 10.0 Å². The number of hydrogen-bond donors (Lipinski definition) is 1. The van der Waals surface area contributed by atoms with E-state index in [9.17, 15) is 13.2 Å². The number of nitrogens with one attached hydrogen (secondary N) is 1. The molecule has 0 bridgehead atoms. The molecule has 1 aliphatic rings. The lowest BCUT2D eigenvalue weighted by atomic mass is 10.1. The van der Waals surface area contributed by atoms with Crippen LogP contribution in [0.15, 0.2) is 47.4 Å². The van der Waals surface area contributed by atoms with Gasteiger partial charge in [-0.2, -0.15) is 0 Å². The van der Waals surface area contributed by atoms with Gasteiger partial charge in [0.25, 0.3) is 15.9 Å². The summed E-state index contributed by atoms with van der Waals surface area (Å²) in [6.07, 6.45) is 1.99. The van der Waals surface area contributed by atoms with E-state index in [1.165, 1.54) is 12.1 Å². The second kappa shape index (κ2) is 8.32. The van der Waals surface area contributed by atoms with Gasteiger partial charge in [-0.1, -0.05) is 18.2 Å². The van der Waals surface area contributed by atoms with Gasteiger partial charge in [-0.3, -0.25) is 9.52 Å². The molecule has 2 aromatic carbocycles. The standard InChI is InChI=1S/C21H26N2O4S/c1-15-6-4-7-17(12-15)22-28(25,26)19-10-9-16(2)20(13-19)21(24)23(3)14-18-8-5-11-27-18/h4,6-7,9-10,12-13,18,22H,5,8,11,14H2,1-3H3. The van der Waals surface area contributed by atoms with Crippen molar-refractivity contribution >= 4 is 21.6 Å². The second-order valence-corrected chi connectivity index (χ2v) is 8.95. The largest absolute Gasteiger partial charge is 0.376 e. The third-order valence-electron chi connectivity index (χ3n) is 4.87. The molecule has 0 aliphatic carbocycles. The summed E-state index contributed by atoms with van der Waals surface area (Å²) in [4.78, 5) is 14.6. The van der Waals surface area contributed by atoms with Crippen LogP contribution < -0.4 is 4.72 Å². The van der Waals surface area contributed by atoms with Gasteiger partial charge in [0.05, 0.1) is 11.0 Å². The number of aryl methyl sites for hydroxylation is 2. The highest BCUT2D eigenvalue weighted by molar-refractivity contribution is 7.92. The maximum absolute atomic E-state index is 12.9. The first-order chi connectivity index (χ1) is 13.3. The minimum atomic E-state index is -3.80. The Labute approximate surface area is 166 Å². The van der Waals surface area contributed by atoms with Crippen LogP contribution in [0.2, 0.25) is 0 Å². The summed E-state index contributed by atoms with van der Waals surface area (Å²) in [7, 11) is -2.08. The van der Waals surface area contributed by atoms with Gasteiger partial charge in [0, 0.05) is 31.5 Å². The molecule has 1 atom stereocenters. The predicted octanol–water partition coefficient (Wildman–Crippen LogP) is 3.36. The fourth-order valence-electron chi connectivity index (χ4n) is 3.30. The van der Waals surface area contributed by atoms with Crippen LogP contribution in [0, 0.1) is 13.8 Å². The molecule has 1 heterocycles. The van der Waals surface area contributed by atoms with Crippen LogP contribution in [-0.4, -0.2) is 45.5 Å². The van der Waals surface area contributed by atoms with Crippen LogP contribution >= 0.6 is 0 Å². The van der Waals surface area contributed by atoms with Crippen molar-refractivity contribution in [3.63, 3.8) is 0 Å². The summed E-state index contributed by atoms with van der Waals surface area (Å²) in [5, 5.41) is 0. The number of amides is 1. The molecule has 1 unspecified atom stereocenters. The van der Waals surface area contributed by atoms with E-state index >= 15 is 0 Å². The monoisotopic (exact) mass is 402 g/mol. The Kier molecular flexibility index (Phi) is 6.05. The molecule has 6 nitrogen and oxygen atoms in total. The van der Waals surface area contributed by atoms with Crippen molar-refractivity contribution < 1.29 is 17.9 Å². The smallest absolute Gasteiger partial charge is 0.261 e. The normalized spacial score (nSPS) is 16.8. The zero-order valence-electron chi connectivity index (χ0n) is 16.4. The van der Waals surface area contributed by atoms with Gasteiger partial charge in [-0.25, -0.2) is 8.42 Å². The molecule has 1 fully saturated rings. The minimum absolute atomic E-state index is 0.0455. The molecule has 1 amide bonds. The topological polar surface area (TPSA) is 75.7 Å². The average molecular weight is 403 g/mol. The molecule has 1 aliphatic heterocycles. The van der Waals surface area contributed by atoms with E-state index in [0.717, 1.165) is 30.6 Å². The number of nitrogens with zero attached hydrogens (tertiary/aromatic N) is 1. The SMILES string of the molecule is Cc1cccc(NS(=O)(=O)c2ccc(C)c(C(=O)N(C)CC3CCCO3)c2)c1. The van der Waals surface area contributed by atoms with Crippen LogP contribution in [0.1, 0.15) is 34.3 Å². The van der Waals surface area contributed by atoms with Crippen molar-refractivity contribution in [1.29, 1.82) is 0 Å². The van der Waals surface area contributed by atoms with Crippen LogP contribution in [0.25, 0.3) is 0 Å². The summed E-state index contributed by atoms with van der Waals surface area (Å²) in [5.74, 6) is -0.208. The van der Waals surface area contributed by atoms with Gasteiger partial charge >= 0.3 is 0 Å². The van der Waals surface area contributed by atoms with Crippen LogP contribution in [0.4, 0.5) is 5.69 Å². The van der Waals surface area contributed by atoms with Crippen LogP contribution in [0.5, 0.6) is 0 Å². The van der Waals surface area contributed by atoms with Crippen molar-refractivity contribution in [2.75, 3.05) is 24.9 Å². The molecular weight excluding hydrogens is 376 g/mol. The van der Waals surface area contributed by atoms with Gasteiger partial charge < -0.3 is 9.64 Å². The molecule has 1 saturated heterocycles. The number of carbonyl (C=O) groups excluding carboxylic acids is 1. The first-order valence-corrected chi connectivity index (χ1v) is 10.8. The van der Waals surface area contributed by atoms with Crippen LogP contribution in [0.3, 0.4) is 0 Å². The van der Waals surface area contributed by atoms with Crippen molar-refractivity contribution in [3.8, 4) is 0 Å². The Morgan fingerprint density at radius 2 is 2.00 bits per heavy atom. The number of carbonyl (C=O) groups is 1. The third kappa shape index (κ3) is 4.72. The van der Waals surface area contributed by atoms with Gasteiger partial charge in [0.15, 0.2) is 0 Å². The first kappa shape index (κ1) is 20.4. The summed E-state index contributed by atoms with van der Waals surface area (Å²) in [5.41, 5.74) is 2.56. The van der Waals surface area contributed by atoms with Gasteiger partial charge in [-0.15, -0.1) is 0 Å². The highest BCUT2D eigenvalue weighted by atomic mass is 32.2.